The van der Waals surface area contributed by atoms with Gasteiger partial charge in [0.25, 0.3) is 0 Å². The molecule has 0 amide bonds. The number of aromatic nitrogens is 4. The highest BCUT2D eigenvalue weighted by atomic mass is 127. The maximum atomic E-state index is 5.34. The molecule has 0 atom stereocenters. The second-order valence-electron chi connectivity index (χ2n) is 14.1. The first-order chi connectivity index (χ1) is 28.7. The quantitative estimate of drug-likeness (QED) is 0.150. The molecule has 6 nitrogen and oxygen atoms in total. The highest BCUT2D eigenvalue weighted by Crippen LogP contribution is 2.35. The SMILES string of the molecule is c1ccc(C2=NC(c3ccc4c(c3)nc(-c3ccccc3)n4-c3ccccc3)=IC(c3ccc4c(c3)nc(-c3ccccc3)n4-c3cccc4ccccc34)=N2)cc1. The molecular formula is C51H33IN6. The molecule has 0 saturated heterocycles. The van der Waals surface area contributed by atoms with Crippen LogP contribution in [0, 0.1) is 0 Å². The number of aliphatic imine (C=N–C) groups is 2. The monoisotopic (exact) mass is 856 g/mol. The van der Waals surface area contributed by atoms with E-state index in [1.807, 2.05) is 36.4 Å². The van der Waals surface area contributed by atoms with Crippen molar-refractivity contribution >= 4 is 66.8 Å². The Morgan fingerprint density at radius 2 is 0.931 bits per heavy atom. The number of hydrogen-bond acceptors (Lipinski definition) is 4. The fraction of sp³-hybridized carbons (Fsp3) is 0. The minimum absolute atomic E-state index is 0.711. The van der Waals surface area contributed by atoms with Crippen molar-refractivity contribution in [2.45, 2.75) is 0 Å². The predicted octanol–water partition coefficient (Wildman–Crippen LogP) is 12.2. The molecule has 0 unspecified atom stereocenters. The van der Waals surface area contributed by atoms with Crippen LogP contribution in [0.1, 0.15) is 16.7 Å². The first kappa shape index (κ1) is 34.2. The minimum Gasteiger partial charge on any atom is -0.292 e. The van der Waals surface area contributed by atoms with Gasteiger partial charge >= 0.3 is 0 Å². The zero-order chi connectivity index (χ0) is 38.4. The predicted molar refractivity (Wildman–Crippen MR) is 248 cm³/mol. The standard InChI is InChI=1S/C51H33IN6/c1-5-17-35(18-6-1)49-55-47(38-28-30-45-42(32-38)53-50(36-19-7-2-8-20-36)57(45)40-24-11-4-12-25-40)52-48(56-49)39-29-31-46-43(33-39)54-51(37-21-9-3-10-22-37)58(46)44-27-15-23-34-16-13-14-26-41(34)44/h1-33H. The van der Waals surface area contributed by atoms with E-state index in [2.05, 4.69) is 173 Å². The Bertz CT molecular complexity index is 3250. The smallest absolute Gasteiger partial charge is 0.161 e. The molecule has 0 fully saturated rings. The van der Waals surface area contributed by atoms with Gasteiger partial charge in [0.05, 0.1) is 27.8 Å². The third-order valence-corrected chi connectivity index (χ3v) is 13.2. The summed E-state index contributed by atoms with van der Waals surface area (Å²) in [6.45, 7) is 0. The number of benzene rings is 8. The normalized spacial score (nSPS) is 12.9. The van der Waals surface area contributed by atoms with Crippen molar-refractivity contribution in [3.05, 3.63) is 217 Å². The lowest BCUT2D eigenvalue weighted by atomic mass is 10.1. The van der Waals surface area contributed by atoms with Gasteiger partial charge in [-0.2, -0.15) is 0 Å². The van der Waals surface area contributed by atoms with Crippen LogP contribution in [0.25, 0.3) is 67.0 Å². The Labute approximate surface area is 344 Å². The third kappa shape index (κ3) is 6.07. The molecule has 0 aliphatic carbocycles. The van der Waals surface area contributed by atoms with Gasteiger partial charge in [0, 0.05) is 38.9 Å². The van der Waals surface area contributed by atoms with Crippen LogP contribution in [0.3, 0.4) is 0 Å². The van der Waals surface area contributed by atoms with E-state index in [1.165, 1.54) is 10.8 Å². The summed E-state index contributed by atoms with van der Waals surface area (Å²) in [7, 11) is 0. The average molecular weight is 857 g/mol. The van der Waals surface area contributed by atoms with Gasteiger partial charge in [0.1, 0.15) is 19.0 Å². The number of hydrogen-bond donors (Lipinski definition) is 0. The van der Waals surface area contributed by atoms with Gasteiger partial charge < -0.3 is 0 Å². The lowest BCUT2D eigenvalue weighted by molar-refractivity contribution is 1.10. The summed E-state index contributed by atoms with van der Waals surface area (Å²) in [5, 5.41) is 2.37. The molecule has 0 spiro atoms. The first-order valence-electron chi connectivity index (χ1n) is 19.2. The van der Waals surface area contributed by atoms with Gasteiger partial charge in [-0.05, 0) is 68.6 Å². The number of fused-ring (bicyclic) bond motifs is 3. The number of nitrogens with zero attached hydrogens (tertiary/aromatic N) is 6. The van der Waals surface area contributed by atoms with Gasteiger partial charge in [-0.1, -0.05) is 158 Å². The molecule has 7 heteroatoms. The van der Waals surface area contributed by atoms with Crippen molar-refractivity contribution in [3.8, 4) is 34.2 Å². The fourth-order valence-electron chi connectivity index (χ4n) is 7.76. The molecule has 11 rings (SSSR count). The van der Waals surface area contributed by atoms with Crippen molar-refractivity contribution in [2.24, 2.45) is 9.98 Å². The average Bonchev–Trinajstić information content (AvgIpc) is 3.88. The fourth-order valence-corrected chi connectivity index (χ4v) is 10.2. The highest BCUT2D eigenvalue weighted by molar-refractivity contribution is 14.2. The Balaban J connectivity index is 1.07. The topological polar surface area (TPSA) is 60.4 Å². The zero-order valence-corrected chi connectivity index (χ0v) is 33.3. The van der Waals surface area contributed by atoms with E-state index in [4.69, 9.17) is 20.0 Å². The van der Waals surface area contributed by atoms with E-state index in [0.29, 0.717) is 5.84 Å². The Kier molecular flexibility index (Phi) is 8.51. The lowest BCUT2D eigenvalue weighted by Crippen LogP contribution is -2.11. The summed E-state index contributed by atoms with van der Waals surface area (Å²) >= 11 is -0.801. The van der Waals surface area contributed by atoms with Crippen LogP contribution in [0.15, 0.2) is 210 Å². The Hall–Kier alpha value is -7.10. The van der Waals surface area contributed by atoms with Crippen molar-refractivity contribution in [1.29, 1.82) is 0 Å². The van der Waals surface area contributed by atoms with Crippen molar-refractivity contribution in [2.75, 3.05) is 0 Å². The second-order valence-corrected chi connectivity index (χ2v) is 16.7. The van der Waals surface area contributed by atoms with E-state index < -0.39 is 20.7 Å². The van der Waals surface area contributed by atoms with E-state index in [-0.39, 0.29) is 0 Å². The zero-order valence-electron chi connectivity index (χ0n) is 31.1. The molecule has 2 aromatic heterocycles. The van der Waals surface area contributed by atoms with Crippen molar-refractivity contribution in [3.63, 3.8) is 0 Å². The maximum Gasteiger partial charge on any atom is 0.161 e. The molecular weight excluding hydrogens is 824 g/mol. The summed E-state index contributed by atoms with van der Waals surface area (Å²) in [5.41, 5.74) is 11.3. The second kappa shape index (κ2) is 14.4. The van der Waals surface area contributed by atoms with E-state index in [9.17, 15) is 0 Å². The number of para-hydroxylation sites is 1. The largest absolute Gasteiger partial charge is 0.292 e. The first-order valence-corrected chi connectivity index (χ1v) is 21.4. The van der Waals surface area contributed by atoms with Crippen LogP contribution in [-0.2, 0) is 0 Å². The number of amidine groups is 1. The molecule has 10 aromatic rings. The molecule has 3 heterocycles. The molecule has 274 valence electrons. The number of imidazole rings is 2. The number of rotatable bonds is 7. The van der Waals surface area contributed by atoms with Crippen LogP contribution in [0.2, 0.25) is 0 Å². The highest BCUT2D eigenvalue weighted by Gasteiger charge is 2.21. The summed E-state index contributed by atoms with van der Waals surface area (Å²) in [6.07, 6.45) is 0. The van der Waals surface area contributed by atoms with Crippen LogP contribution < -0.4 is 0 Å². The van der Waals surface area contributed by atoms with E-state index in [1.54, 1.807) is 0 Å². The molecule has 0 radical (unpaired) electrons. The molecule has 8 aromatic carbocycles. The van der Waals surface area contributed by atoms with Crippen LogP contribution in [-0.4, -0.2) is 32.3 Å². The van der Waals surface area contributed by atoms with Crippen molar-refractivity contribution in [1.82, 2.24) is 19.1 Å². The van der Waals surface area contributed by atoms with Gasteiger partial charge in [-0.3, -0.25) is 9.13 Å². The number of halogens is 1. The van der Waals surface area contributed by atoms with Gasteiger partial charge in [-0.15, -0.1) is 0 Å². The summed E-state index contributed by atoms with van der Waals surface area (Å²) < 4.78 is 6.64. The van der Waals surface area contributed by atoms with Crippen LogP contribution >= 0.6 is 20.7 Å². The molecule has 1 aliphatic heterocycles. The third-order valence-electron chi connectivity index (χ3n) is 10.5. The molecule has 0 N–H and O–H groups in total. The van der Waals surface area contributed by atoms with Crippen LogP contribution in [0.4, 0.5) is 0 Å². The minimum atomic E-state index is -0.801. The maximum absolute atomic E-state index is 5.34. The van der Waals surface area contributed by atoms with Gasteiger partial charge in [0.15, 0.2) is 5.84 Å². The Morgan fingerprint density at radius 1 is 0.397 bits per heavy atom. The van der Waals surface area contributed by atoms with E-state index in [0.717, 1.165) is 80.3 Å². The summed E-state index contributed by atoms with van der Waals surface area (Å²) in [4.78, 5) is 21.2. The molecule has 58 heavy (non-hydrogen) atoms. The molecule has 0 saturated carbocycles. The van der Waals surface area contributed by atoms with Gasteiger partial charge in [0.2, 0.25) is 0 Å². The van der Waals surface area contributed by atoms with Gasteiger partial charge in [-0.25, -0.2) is 20.0 Å². The molecule has 0 bridgehead atoms. The van der Waals surface area contributed by atoms with Crippen LogP contribution in [0.5, 0.6) is 0 Å². The lowest BCUT2D eigenvalue weighted by Gasteiger charge is -2.14. The van der Waals surface area contributed by atoms with E-state index >= 15 is 0 Å². The Morgan fingerprint density at radius 3 is 1.62 bits per heavy atom. The summed E-state index contributed by atoms with van der Waals surface area (Å²) in [6, 6.07) is 69.8. The summed E-state index contributed by atoms with van der Waals surface area (Å²) in [5.74, 6) is 2.52. The van der Waals surface area contributed by atoms with Crippen molar-refractivity contribution < 1.29 is 0 Å². The molecule has 1 aliphatic rings.